The quantitative estimate of drug-likeness (QED) is 0.119. The molecule has 0 saturated heterocycles. The molecular weight excluding hydrogens is 1140 g/mol. The minimum absolute atomic E-state index is 0. The second-order valence-electron chi connectivity index (χ2n) is 17.9. The SMILES string of the molecule is Cc1cc2c(-c3ccccc3)cccc2[cH-]1.Cc1cc2c(-c3ccccc3)cccc2[cH-]1.Cc1cc2ccccc2[cH-]1.[CH2-]C.[CH2-]C.[SiH2]=[C-]c1ccccc1.[SiH2]=[C-]c1ccccc1.[Zr+4].[Zr+4].c1ccc(-c2cccc3[cH-]ccc23)cc1. The Morgan fingerprint density at radius 3 is 1.01 bits per heavy atom. The van der Waals surface area contributed by atoms with Gasteiger partial charge in [0.05, 0.1) is 0 Å². The van der Waals surface area contributed by atoms with Crippen molar-refractivity contribution in [3.63, 3.8) is 0 Å². The van der Waals surface area contributed by atoms with Gasteiger partial charge in [-0.25, -0.2) is 0 Å². The van der Waals surface area contributed by atoms with Crippen LogP contribution in [0.2, 0.25) is 0 Å². The van der Waals surface area contributed by atoms with Gasteiger partial charge in [-0.05, 0) is 16.7 Å². The summed E-state index contributed by atoms with van der Waals surface area (Å²) in [5.74, 6) is 0. The Hall–Kier alpha value is -6.64. The third kappa shape index (κ3) is 19.6. The van der Waals surface area contributed by atoms with Gasteiger partial charge in [-0.3, -0.25) is 0 Å². The molecule has 0 heterocycles. The zero-order chi connectivity index (χ0) is 54.6. The standard InChI is InChI=1S/2C16H13.C15H11.C10H9.2C7H7Si.2C2H5.2Zr/c2*1-12-10-14-8-5-9-15(16(14)11-12)13-6-3-2-4-7-13;1-2-6-12(7-3-1)14-10-4-8-13-9-5-11-15(13)14;1-8-6-9-4-2-3-5-10(9)7-8;2*8-6-7-4-2-1-3-5-7;2*1-2;;/h2*2-11H,1H3;1-11H;2-7H,1H3;2*1-5H,8H2;2*1H2,2H3;;/q8*-1;2*+4. The first kappa shape index (κ1) is 64.9. The van der Waals surface area contributed by atoms with E-state index in [4.69, 9.17) is 0 Å². The maximum absolute atomic E-state index is 3.25. The van der Waals surface area contributed by atoms with E-state index in [9.17, 15) is 0 Å². The van der Waals surface area contributed by atoms with E-state index in [1.54, 1.807) is 33.6 Å². The van der Waals surface area contributed by atoms with Crippen LogP contribution in [0, 0.1) is 34.6 Å². The molecule has 0 fully saturated rings. The molecule has 0 aromatic heterocycles. The van der Waals surface area contributed by atoms with Crippen LogP contribution in [0.15, 0.2) is 285 Å². The third-order valence-corrected chi connectivity index (χ3v) is 13.3. The van der Waals surface area contributed by atoms with E-state index in [1.807, 2.05) is 60.7 Å². The average molecular weight is 1210 g/mol. The molecule has 0 aliphatic rings. The van der Waals surface area contributed by atoms with E-state index in [0.29, 0.717) is 0 Å². The number of rotatable bonds is 5. The topological polar surface area (TPSA) is 0 Å². The monoisotopic (exact) mass is 1210 g/mol. The zero-order valence-corrected chi connectivity index (χ0v) is 54.2. The molecule has 0 aliphatic heterocycles. The molecule has 13 rings (SSSR count). The molecule has 0 spiro atoms. The van der Waals surface area contributed by atoms with Crippen molar-refractivity contribution in [1.29, 1.82) is 0 Å². The summed E-state index contributed by atoms with van der Waals surface area (Å²) in [6.45, 7) is 16.4. The van der Waals surface area contributed by atoms with E-state index in [0.717, 1.165) is 0 Å². The summed E-state index contributed by atoms with van der Waals surface area (Å²) in [5.41, 5.74) is 20.3. The van der Waals surface area contributed by atoms with Crippen molar-refractivity contribution >= 4 is 74.1 Å². The van der Waals surface area contributed by atoms with Crippen molar-refractivity contribution in [3.8, 4) is 33.4 Å². The van der Waals surface area contributed by atoms with Crippen molar-refractivity contribution in [3.05, 3.63) is 327 Å². The summed E-state index contributed by atoms with van der Waals surface area (Å²) < 4.78 is 0. The van der Waals surface area contributed by atoms with Gasteiger partial charge in [-0.15, -0.1) is 163 Å². The van der Waals surface area contributed by atoms with Gasteiger partial charge in [0.25, 0.3) is 0 Å². The summed E-state index contributed by atoms with van der Waals surface area (Å²) in [6.07, 6.45) is 0. The Labute approximate surface area is 516 Å². The average Bonchev–Trinajstić information content (AvgIpc) is 4.34. The Balaban J connectivity index is 0.000000205. The second-order valence-corrected chi connectivity index (χ2v) is 18.6. The predicted octanol–water partition coefficient (Wildman–Crippen LogP) is 18.5. The van der Waals surface area contributed by atoms with E-state index in [2.05, 4.69) is 270 Å². The van der Waals surface area contributed by atoms with Crippen LogP contribution >= 0.6 is 0 Å². The smallest absolute Gasteiger partial charge is 0.346 e. The molecule has 0 amide bonds. The first-order valence-electron chi connectivity index (χ1n) is 26.2. The van der Waals surface area contributed by atoms with Gasteiger partial charge in [0.2, 0.25) is 0 Å². The van der Waals surface area contributed by atoms with Crippen LogP contribution in [0.4, 0.5) is 0 Å². The molecule has 0 saturated carbocycles. The molecule has 13 aromatic carbocycles. The van der Waals surface area contributed by atoms with Crippen LogP contribution in [0.5, 0.6) is 0 Å². The van der Waals surface area contributed by atoms with Crippen molar-refractivity contribution in [2.75, 3.05) is 0 Å². The van der Waals surface area contributed by atoms with Crippen LogP contribution in [0.25, 0.3) is 76.5 Å². The summed E-state index contributed by atoms with van der Waals surface area (Å²) in [7, 11) is 3.47. The van der Waals surface area contributed by atoms with E-state index in [1.165, 1.54) is 104 Å². The molecule has 0 N–H and O–H groups in total. The molecule has 79 heavy (non-hydrogen) atoms. The molecule has 13 aromatic rings. The van der Waals surface area contributed by atoms with Crippen molar-refractivity contribution in [1.82, 2.24) is 0 Å². The van der Waals surface area contributed by atoms with Crippen molar-refractivity contribution in [2.45, 2.75) is 34.6 Å². The molecule has 0 bridgehead atoms. The van der Waals surface area contributed by atoms with E-state index in [-0.39, 0.29) is 52.4 Å². The number of fused-ring (bicyclic) bond motifs is 4. The van der Waals surface area contributed by atoms with Crippen LogP contribution in [-0.2, 0) is 52.4 Å². The molecule has 0 unspecified atom stereocenters. The molecule has 0 nitrogen and oxygen atoms in total. The van der Waals surface area contributed by atoms with Gasteiger partial charge in [-0.2, -0.15) is 90.9 Å². The van der Waals surface area contributed by atoms with Gasteiger partial charge >= 0.3 is 52.4 Å². The fourth-order valence-corrected chi connectivity index (χ4v) is 9.43. The number of aryl methyl sites for hydroxylation is 3. The van der Waals surface area contributed by atoms with Crippen LogP contribution in [0.3, 0.4) is 0 Å². The summed E-state index contributed by atoms with van der Waals surface area (Å²) in [6, 6.07) is 99.5. The maximum Gasteiger partial charge on any atom is 4.00 e. The molecule has 0 atom stereocenters. The number of hydrogen-bond acceptors (Lipinski definition) is 0. The van der Waals surface area contributed by atoms with E-state index >= 15 is 0 Å². The Kier molecular flexibility index (Phi) is 29.4. The molecule has 0 aliphatic carbocycles. The first-order valence-corrected chi connectivity index (χ1v) is 27.6. The molecule has 386 valence electrons. The third-order valence-electron chi connectivity index (χ3n) is 12.4. The Morgan fingerprint density at radius 2 is 0.633 bits per heavy atom. The molecule has 4 heteroatoms. The number of hydrogen-bond donors (Lipinski definition) is 0. The normalized spacial score (nSPS) is 9.61. The fourth-order valence-electron chi connectivity index (χ4n) is 8.96. The van der Waals surface area contributed by atoms with Crippen LogP contribution < -0.4 is 0 Å². The van der Waals surface area contributed by atoms with Crippen LogP contribution in [-0.4, -0.2) is 31.1 Å². The minimum Gasteiger partial charge on any atom is -0.346 e. The van der Waals surface area contributed by atoms with Crippen LogP contribution in [0.1, 0.15) is 41.7 Å². The predicted molar refractivity (Wildman–Crippen MR) is 349 cm³/mol. The molecule has 0 radical (unpaired) electrons. The Bertz CT molecular complexity index is 3540. The maximum atomic E-state index is 3.25. The largest absolute Gasteiger partial charge is 4.00 e. The van der Waals surface area contributed by atoms with Crippen molar-refractivity contribution < 1.29 is 52.4 Å². The summed E-state index contributed by atoms with van der Waals surface area (Å²) in [5, 5.41) is 10.7. The second kappa shape index (κ2) is 35.8. The van der Waals surface area contributed by atoms with Gasteiger partial charge in [0.15, 0.2) is 0 Å². The van der Waals surface area contributed by atoms with Gasteiger partial charge in [-0.1, -0.05) is 185 Å². The first-order chi connectivity index (χ1) is 37.9. The Morgan fingerprint density at radius 1 is 0.316 bits per heavy atom. The minimum atomic E-state index is 0. The molecular formula is C75H70Si2Zr2. The zero-order valence-electron chi connectivity index (χ0n) is 46.5. The van der Waals surface area contributed by atoms with Gasteiger partial charge < -0.3 is 13.8 Å². The van der Waals surface area contributed by atoms with Gasteiger partial charge in [0.1, 0.15) is 0 Å². The fraction of sp³-hybridized carbons (Fsp3) is 0.0667. The van der Waals surface area contributed by atoms with Crippen molar-refractivity contribution in [2.24, 2.45) is 0 Å². The van der Waals surface area contributed by atoms with Gasteiger partial charge in [0, 0.05) is 0 Å². The summed E-state index contributed by atoms with van der Waals surface area (Å²) in [4.78, 5) is 0. The summed E-state index contributed by atoms with van der Waals surface area (Å²) >= 11 is 0. The van der Waals surface area contributed by atoms with E-state index < -0.39 is 0 Å². The number of benzene rings is 9.